The highest BCUT2D eigenvalue weighted by atomic mass is 35.5. The summed E-state index contributed by atoms with van der Waals surface area (Å²) < 4.78 is 14.7. The molecule has 2 atom stereocenters. The minimum Gasteiger partial charge on any atom is -0.254 e. The number of nitrogens with zero attached hydrogens (tertiary/aromatic N) is 1. The normalized spacial score (nSPS) is 22.3. The molecule has 0 bridgehead atoms. The number of hydrazine groups is 1. The van der Waals surface area contributed by atoms with Gasteiger partial charge < -0.3 is 0 Å². The second kappa shape index (κ2) is 7.99. The van der Waals surface area contributed by atoms with Gasteiger partial charge in [-0.15, -0.1) is 0 Å². The molecule has 0 radical (unpaired) electrons. The number of hydrogen-bond acceptors (Lipinski definition) is 3. The third-order valence-corrected chi connectivity index (χ3v) is 7.71. The van der Waals surface area contributed by atoms with E-state index in [1.165, 1.54) is 0 Å². The molecular formula is C19H20Cl3N3OS. The Morgan fingerprint density at radius 3 is 2.41 bits per heavy atom. The van der Waals surface area contributed by atoms with E-state index in [2.05, 4.69) is 10.9 Å². The molecule has 1 saturated heterocycles. The molecule has 4 rings (SSSR count). The molecule has 1 spiro atoms. The van der Waals surface area contributed by atoms with Crippen LogP contribution >= 0.6 is 34.8 Å². The first-order valence-corrected chi connectivity index (χ1v) is 11.1. The van der Waals surface area contributed by atoms with Crippen LogP contribution in [0.15, 0.2) is 47.4 Å². The van der Waals surface area contributed by atoms with Crippen molar-refractivity contribution in [3.05, 3.63) is 63.1 Å². The van der Waals surface area contributed by atoms with Crippen molar-refractivity contribution >= 4 is 45.8 Å². The molecule has 1 aliphatic heterocycles. The van der Waals surface area contributed by atoms with Gasteiger partial charge in [0.2, 0.25) is 0 Å². The molecule has 2 aliphatic rings. The van der Waals surface area contributed by atoms with E-state index >= 15 is 0 Å². The number of halogens is 3. The first-order valence-electron chi connectivity index (χ1n) is 8.82. The van der Waals surface area contributed by atoms with E-state index in [9.17, 15) is 4.21 Å². The Labute approximate surface area is 176 Å². The van der Waals surface area contributed by atoms with Gasteiger partial charge in [0.15, 0.2) is 0 Å². The van der Waals surface area contributed by atoms with Crippen molar-refractivity contribution in [1.82, 2.24) is 15.2 Å². The third-order valence-electron chi connectivity index (χ3n) is 5.47. The van der Waals surface area contributed by atoms with Crippen molar-refractivity contribution < 1.29 is 4.21 Å². The zero-order valence-corrected chi connectivity index (χ0v) is 17.6. The van der Waals surface area contributed by atoms with E-state index in [0.29, 0.717) is 27.7 Å². The number of rotatable bonds is 6. The van der Waals surface area contributed by atoms with Crippen molar-refractivity contribution in [2.75, 3.05) is 13.1 Å². The lowest BCUT2D eigenvalue weighted by Gasteiger charge is -2.60. The smallest absolute Gasteiger partial charge is 0.127 e. The first kappa shape index (κ1) is 19.6. The van der Waals surface area contributed by atoms with Crippen LogP contribution in [-0.2, 0) is 17.5 Å². The van der Waals surface area contributed by atoms with Crippen LogP contribution in [0.5, 0.6) is 0 Å². The second-order valence-corrected chi connectivity index (χ2v) is 9.95. The Kier molecular flexibility index (Phi) is 5.82. The Morgan fingerprint density at radius 2 is 1.78 bits per heavy atom. The molecule has 144 valence electrons. The molecule has 0 amide bonds. The van der Waals surface area contributed by atoms with Crippen LogP contribution in [0.2, 0.25) is 15.1 Å². The van der Waals surface area contributed by atoms with Crippen molar-refractivity contribution in [2.45, 2.75) is 30.3 Å². The predicted molar refractivity (Wildman–Crippen MR) is 111 cm³/mol. The maximum absolute atomic E-state index is 12.7. The van der Waals surface area contributed by atoms with E-state index in [1.807, 2.05) is 28.6 Å². The van der Waals surface area contributed by atoms with E-state index in [0.717, 1.165) is 36.4 Å². The highest BCUT2D eigenvalue weighted by Crippen LogP contribution is 2.49. The number of nitrogens with one attached hydrogen (secondary N) is 2. The molecule has 1 heterocycles. The van der Waals surface area contributed by atoms with Gasteiger partial charge >= 0.3 is 0 Å². The molecule has 4 nitrogen and oxygen atoms in total. The van der Waals surface area contributed by atoms with E-state index in [-0.39, 0.29) is 5.41 Å². The Hall–Kier alpha value is -0.660. The molecule has 2 aromatic rings. The third kappa shape index (κ3) is 4.06. The highest BCUT2D eigenvalue weighted by molar-refractivity contribution is 7.82. The lowest BCUT2D eigenvalue weighted by Crippen LogP contribution is -2.71. The summed E-state index contributed by atoms with van der Waals surface area (Å²) in [6, 6.07) is 13.1. The highest BCUT2D eigenvalue weighted by Gasteiger charge is 2.56. The molecule has 2 unspecified atom stereocenters. The molecular weight excluding hydrogens is 425 g/mol. The van der Waals surface area contributed by atoms with Gasteiger partial charge in [-0.05, 0) is 54.8 Å². The Bertz CT molecular complexity index is 856. The lowest BCUT2D eigenvalue weighted by atomic mass is 9.61. The van der Waals surface area contributed by atoms with E-state index in [4.69, 9.17) is 34.8 Å². The molecule has 2 aromatic carbocycles. The van der Waals surface area contributed by atoms with Gasteiger partial charge in [-0.2, -0.15) is 0 Å². The van der Waals surface area contributed by atoms with Crippen LogP contribution in [0.25, 0.3) is 0 Å². The fraction of sp³-hybridized carbons (Fsp3) is 0.368. The minimum atomic E-state index is -1.12. The molecule has 2 N–H and O–H groups in total. The van der Waals surface area contributed by atoms with Gasteiger partial charge in [-0.25, -0.2) is 8.51 Å². The standard InChI is InChI=1S/C19H20Cl3N3OS/c20-14-3-5-16(6-4-14)27(26)25-11-19(12-25)8-7-18(19)24-23-10-13-1-2-15(21)9-17(13)22/h1-6,9,18,23-24H,7-8,10-12H2. The first-order chi connectivity index (χ1) is 13.0. The SMILES string of the molecule is O=S(c1ccc(Cl)cc1)N1CC2(CCC2NNCc2ccc(Cl)cc2Cl)C1. The summed E-state index contributed by atoms with van der Waals surface area (Å²) in [7, 11) is -1.12. The second-order valence-electron chi connectivity index (χ2n) is 7.19. The van der Waals surface area contributed by atoms with Gasteiger partial charge in [-0.1, -0.05) is 40.9 Å². The minimum absolute atomic E-state index is 0.207. The van der Waals surface area contributed by atoms with Crippen LogP contribution in [-0.4, -0.2) is 27.6 Å². The maximum atomic E-state index is 12.7. The number of hydrogen-bond donors (Lipinski definition) is 2. The van der Waals surface area contributed by atoms with Crippen LogP contribution in [0.1, 0.15) is 18.4 Å². The summed E-state index contributed by atoms with van der Waals surface area (Å²) in [6.07, 6.45) is 2.27. The van der Waals surface area contributed by atoms with Gasteiger partial charge in [0.25, 0.3) is 0 Å². The quantitative estimate of drug-likeness (QED) is 0.648. The average molecular weight is 445 g/mol. The fourth-order valence-corrected chi connectivity index (χ4v) is 5.73. The Balaban J connectivity index is 1.27. The summed E-state index contributed by atoms with van der Waals surface area (Å²) in [4.78, 5) is 0.800. The van der Waals surface area contributed by atoms with Crippen molar-refractivity contribution in [1.29, 1.82) is 0 Å². The average Bonchev–Trinajstić information content (AvgIpc) is 2.58. The molecule has 0 aromatic heterocycles. The monoisotopic (exact) mass is 443 g/mol. The molecule has 27 heavy (non-hydrogen) atoms. The summed E-state index contributed by atoms with van der Waals surface area (Å²) >= 11 is 18.0. The lowest BCUT2D eigenvalue weighted by molar-refractivity contribution is -0.0503. The van der Waals surface area contributed by atoms with Crippen LogP contribution in [0.3, 0.4) is 0 Å². The van der Waals surface area contributed by atoms with Crippen molar-refractivity contribution in [3.63, 3.8) is 0 Å². The zero-order chi connectivity index (χ0) is 19.0. The zero-order valence-electron chi connectivity index (χ0n) is 14.6. The predicted octanol–water partition coefficient (Wildman–Crippen LogP) is 4.43. The van der Waals surface area contributed by atoms with Crippen molar-refractivity contribution in [2.24, 2.45) is 5.41 Å². The summed E-state index contributed by atoms with van der Waals surface area (Å²) in [6.45, 7) is 2.30. The van der Waals surface area contributed by atoms with E-state index < -0.39 is 11.0 Å². The summed E-state index contributed by atoms with van der Waals surface area (Å²) in [5.41, 5.74) is 7.92. The van der Waals surface area contributed by atoms with Gasteiger partial charge in [-0.3, -0.25) is 10.9 Å². The summed E-state index contributed by atoms with van der Waals surface area (Å²) in [5.74, 6) is 0. The van der Waals surface area contributed by atoms with Gasteiger partial charge in [0, 0.05) is 46.2 Å². The van der Waals surface area contributed by atoms with Gasteiger partial charge in [0.1, 0.15) is 11.0 Å². The molecule has 2 fully saturated rings. The Morgan fingerprint density at radius 1 is 1.07 bits per heavy atom. The number of benzene rings is 2. The maximum Gasteiger partial charge on any atom is 0.127 e. The molecule has 1 saturated carbocycles. The summed E-state index contributed by atoms with van der Waals surface area (Å²) in [5, 5.41) is 1.96. The fourth-order valence-electron chi connectivity index (χ4n) is 3.71. The topological polar surface area (TPSA) is 44.4 Å². The van der Waals surface area contributed by atoms with Gasteiger partial charge in [0.05, 0.1) is 4.90 Å². The largest absolute Gasteiger partial charge is 0.254 e. The molecule has 8 heteroatoms. The van der Waals surface area contributed by atoms with Crippen LogP contribution in [0.4, 0.5) is 0 Å². The van der Waals surface area contributed by atoms with Crippen molar-refractivity contribution in [3.8, 4) is 0 Å². The van der Waals surface area contributed by atoms with Crippen LogP contribution < -0.4 is 10.9 Å². The van der Waals surface area contributed by atoms with Crippen LogP contribution in [0, 0.1) is 5.41 Å². The molecule has 1 aliphatic carbocycles. The van der Waals surface area contributed by atoms with E-state index in [1.54, 1.807) is 18.2 Å².